The molecular formula is C22H28N2O3S. The predicted molar refractivity (Wildman–Crippen MR) is 114 cm³/mol. The van der Waals surface area contributed by atoms with Gasteiger partial charge < -0.3 is 9.64 Å². The third-order valence-electron chi connectivity index (χ3n) is 4.87. The first kappa shape index (κ1) is 20.4. The van der Waals surface area contributed by atoms with Crippen LogP contribution in [0.15, 0.2) is 53.4 Å². The molecule has 0 unspecified atom stereocenters. The van der Waals surface area contributed by atoms with Gasteiger partial charge >= 0.3 is 0 Å². The van der Waals surface area contributed by atoms with Gasteiger partial charge in [-0.3, -0.25) is 0 Å². The molecule has 0 aliphatic carbocycles. The average molecular weight is 401 g/mol. The first-order valence-electron chi connectivity index (χ1n) is 9.46. The van der Waals surface area contributed by atoms with Crippen LogP contribution in [0.2, 0.25) is 0 Å². The first-order valence-corrected chi connectivity index (χ1v) is 10.9. The van der Waals surface area contributed by atoms with E-state index in [-0.39, 0.29) is 4.90 Å². The highest BCUT2D eigenvalue weighted by Crippen LogP contribution is 2.35. The minimum absolute atomic E-state index is 0.278. The number of nitrogens with zero attached hydrogens (tertiary/aromatic N) is 2. The Hall–Kier alpha value is -2.31. The lowest BCUT2D eigenvalue weighted by molar-refractivity contribution is 0.262. The van der Waals surface area contributed by atoms with E-state index in [0.29, 0.717) is 29.5 Å². The molecule has 0 aliphatic heterocycles. The number of para-hydroxylation sites is 1. The number of fused-ring (bicyclic) bond motifs is 1. The number of rotatable bonds is 7. The summed E-state index contributed by atoms with van der Waals surface area (Å²) in [5.74, 6) is 0.974. The molecular weight excluding hydrogens is 372 g/mol. The van der Waals surface area contributed by atoms with Crippen molar-refractivity contribution < 1.29 is 13.2 Å². The summed E-state index contributed by atoms with van der Waals surface area (Å²) in [5.41, 5.74) is 2.33. The smallest absolute Gasteiger partial charge is 0.268 e. The molecule has 0 aliphatic rings. The Morgan fingerprint density at radius 3 is 2.29 bits per heavy atom. The highest BCUT2D eigenvalue weighted by Gasteiger charge is 2.25. The van der Waals surface area contributed by atoms with Crippen LogP contribution in [0.3, 0.4) is 0 Å². The molecule has 28 heavy (non-hydrogen) atoms. The molecule has 150 valence electrons. The Balaban J connectivity index is 2.10. The second-order valence-electron chi connectivity index (χ2n) is 7.58. The van der Waals surface area contributed by atoms with Gasteiger partial charge in [-0.25, -0.2) is 12.4 Å². The minimum Gasteiger partial charge on any atom is -0.490 e. The molecule has 0 fully saturated rings. The number of ether oxygens (including phenoxy) is 1. The number of benzene rings is 2. The lowest BCUT2D eigenvalue weighted by Crippen LogP contribution is -2.20. The van der Waals surface area contributed by atoms with Gasteiger partial charge in [0.2, 0.25) is 0 Å². The highest BCUT2D eigenvalue weighted by atomic mass is 32.2. The molecule has 5 nitrogen and oxygen atoms in total. The Morgan fingerprint density at radius 2 is 1.68 bits per heavy atom. The van der Waals surface area contributed by atoms with Gasteiger partial charge in [0.15, 0.2) is 0 Å². The van der Waals surface area contributed by atoms with E-state index in [2.05, 4.69) is 13.8 Å². The molecule has 0 saturated carbocycles. The summed E-state index contributed by atoms with van der Waals surface area (Å²) in [6.45, 7) is 7.22. The molecule has 2 aromatic carbocycles. The van der Waals surface area contributed by atoms with Gasteiger partial charge in [-0.2, -0.15) is 0 Å². The highest BCUT2D eigenvalue weighted by molar-refractivity contribution is 7.90. The van der Waals surface area contributed by atoms with E-state index in [9.17, 15) is 8.42 Å². The van der Waals surface area contributed by atoms with Gasteiger partial charge in [0.1, 0.15) is 12.4 Å². The van der Waals surface area contributed by atoms with Crippen molar-refractivity contribution in [2.24, 2.45) is 0 Å². The molecule has 0 bridgehead atoms. The van der Waals surface area contributed by atoms with Gasteiger partial charge in [0.25, 0.3) is 10.0 Å². The molecule has 0 saturated heterocycles. The van der Waals surface area contributed by atoms with Gasteiger partial charge in [0, 0.05) is 11.9 Å². The number of hydrogen-bond donors (Lipinski definition) is 0. The van der Waals surface area contributed by atoms with Gasteiger partial charge in [-0.1, -0.05) is 38.1 Å². The fourth-order valence-electron chi connectivity index (χ4n) is 3.26. The zero-order valence-electron chi connectivity index (χ0n) is 17.1. The normalized spacial score (nSPS) is 12.2. The zero-order valence-corrected chi connectivity index (χ0v) is 18.0. The third kappa shape index (κ3) is 3.80. The predicted octanol–water partition coefficient (Wildman–Crippen LogP) is 4.25. The summed E-state index contributed by atoms with van der Waals surface area (Å²) in [6.07, 6.45) is 0. The van der Waals surface area contributed by atoms with Crippen LogP contribution < -0.4 is 4.74 Å². The van der Waals surface area contributed by atoms with Crippen LogP contribution in [-0.2, 0) is 10.0 Å². The van der Waals surface area contributed by atoms with Crippen molar-refractivity contribution in [3.05, 3.63) is 59.8 Å². The maximum Gasteiger partial charge on any atom is 0.268 e. The summed E-state index contributed by atoms with van der Waals surface area (Å²) in [7, 11) is 0.221. The maximum atomic E-state index is 13.4. The van der Waals surface area contributed by atoms with Crippen molar-refractivity contribution in [1.29, 1.82) is 0 Å². The van der Waals surface area contributed by atoms with Crippen LogP contribution in [-0.4, -0.2) is 44.5 Å². The van der Waals surface area contributed by atoms with Gasteiger partial charge in [0.05, 0.1) is 16.1 Å². The molecule has 3 aromatic rings. The summed E-state index contributed by atoms with van der Waals surface area (Å²) in [4.78, 5) is 2.31. The van der Waals surface area contributed by atoms with Crippen molar-refractivity contribution in [2.45, 2.75) is 31.6 Å². The quantitative estimate of drug-likeness (QED) is 0.595. The maximum absolute atomic E-state index is 13.4. The molecule has 1 heterocycles. The SMILES string of the molecule is Cc1c(OCCN(C)C)c2ccccc2n1S(=O)(=O)c1ccc(C(C)C)cc1. The molecule has 0 atom stereocenters. The van der Waals surface area contributed by atoms with E-state index in [1.165, 1.54) is 3.97 Å². The largest absolute Gasteiger partial charge is 0.490 e. The monoisotopic (exact) mass is 400 g/mol. The molecule has 0 radical (unpaired) electrons. The molecule has 1 aromatic heterocycles. The summed E-state index contributed by atoms with van der Waals surface area (Å²) in [5, 5.41) is 0.807. The van der Waals surface area contributed by atoms with Crippen molar-refractivity contribution in [3.8, 4) is 5.75 Å². The Bertz CT molecular complexity index is 1070. The fourth-order valence-corrected chi connectivity index (χ4v) is 4.82. The van der Waals surface area contributed by atoms with Crippen LogP contribution in [0.4, 0.5) is 0 Å². The van der Waals surface area contributed by atoms with Crippen molar-refractivity contribution >= 4 is 20.9 Å². The number of hydrogen-bond acceptors (Lipinski definition) is 4. The zero-order chi connectivity index (χ0) is 20.5. The van der Waals surface area contributed by atoms with Crippen LogP contribution in [0.25, 0.3) is 10.9 Å². The fraction of sp³-hybridized carbons (Fsp3) is 0.364. The standard InChI is InChI=1S/C22H28N2O3S/c1-16(2)18-10-12-19(13-11-18)28(25,26)24-17(3)22(27-15-14-23(4)5)20-8-6-7-9-21(20)24/h6-13,16H,14-15H2,1-5H3. The van der Waals surface area contributed by atoms with Crippen molar-refractivity contribution in [2.75, 3.05) is 27.2 Å². The molecule has 6 heteroatoms. The minimum atomic E-state index is -3.73. The Labute approximate surface area is 167 Å². The van der Waals surface area contributed by atoms with E-state index in [1.807, 2.05) is 55.4 Å². The van der Waals surface area contributed by atoms with Crippen molar-refractivity contribution in [1.82, 2.24) is 8.87 Å². The van der Waals surface area contributed by atoms with Crippen LogP contribution in [0.5, 0.6) is 5.75 Å². The van der Waals surface area contributed by atoms with E-state index in [1.54, 1.807) is 19.1 Å². The van der Waals surface area contributed by atoms with Crippen LogP contribution in [0.1, 0.15) is 31.0 Å². The Morgan fingerprint density at radius 1 is 1.04 bits per heavy atom. The van der Waals surface area contributed by atoms with E-state index >= 15 is 0 Å². The lowest BCUT2D eigenvalue weighted by Gasteiger charge is -2.13. The number of likely N-dealkylation sites (N-methyl/N-ethyl adjacent to an activating group) is 1. The Kier molecular flexibility index (Phi) is 5.82. The summed E-state index contributed by atoms with van der Waals surface area (Å²) in [6, 6.07) is 14.6. The summed E-state index contributed by atoms with van der Waals surface area (Å²) >= 11 is 0. The van der Waals surface area contributed by atoms with Crippen LogP contribution in [0, 0.1) is 6.92 Å². The third-order valence-corrected chi connectivity index (χ3v) is 6.69. The lowest BCUT2D eigenvalue weighted by atomic mass is 10.0. The van der Waals surface area contributed by atoms with E-state index < -0.39 is 10.0 Å². The first-order chi connectivity index (χ1) is 13.2. The van der Waals surface area contributed by atoms with Gasteiger partial charge in [-0.15, -0.1) is 0 Å². The second kappa shape index (κ2) is 7.97. The molecule has 3 rings (SSSR count). The summed E-state index contributed by atoms with van der Waals surface area (Å²) < 4.78 is 34.3. The molecule has 0 N–H and O–H groups in total. The molecule has 0 spiro atoms. The van der Waals surface area contributed by atoms with E-state index in [4.69, 9.17) is 4.74 Å². The van der Waals surface area contributed by atoms with Gasteiger partial charge in [-0.05, 0) is 56.8 Å². The van der Waals surface area contributed by atoms with E-state index in [0.717, 1.165) is 17.5 Å². The van der Waals surface area contributed by atoms with Crippen LogP contribution >= 0.6 is 0 Å². The number of aromatic nitrogens is 1. The molecule has 0 amide bonds. The topological polar surface area (TPSA) is 51.5 Å². The average Bonchev–Trinajstić information content (AvgIpc) is 2.94. The van der Waals surface area contributed by atoms with Crippen molar-refractivity contribution in [3.63, 3.8) is 0 Å². The second-order valence-corrected chi connectivity index (χ2v) is 9.36.